The molecule has 1 N–H and O–H groups in total. The van der Waals surface area contributed by atoms with E-state index in [-0.39, 0.29) is 11.7 Å². The predicted octanol–water partition coefficient (Wildman–Crippen LogP) is 3.73. The summed E-state index contributed by atoms with van der Waals surface area (Å²) in [5, 5.41) is 9.63. The number of carbonyl (C=O) groups is 1. The van der Waals surface area contributed by atoms with Crippen LogP contribution in [0.1, 0.15) is 55.6 Å². The fraction of sp³-hybridized carbons (Fsp3) is 0.667. The maximum atomic E-state index is 13.5. The molecule has 3 fully saturated rings. The Morgan fingerprint density at radius 3 is 2.50 bits per heavy atom. The zero-order valence-electron chi connectivity index (χ0n) is 15.4. The van der Waals surface area contributed by atoms with Gasteiger partial charge in [0.2, 0.25) is 0 Å². The van der Waals surface area contributed by atoms with E-state index in [0.29, 0.717) is 25.0 Å². The van der Waals surface area contributed by atoms with Crippen LogP contribution in [-0.2, 0) is 9.53 Å². The molecule has 2 aliphatic heterocycles. The number of carboxylic acids is 1. The molecule has 0 bridgehead atoms. The van der Waals surface area contributed by atoms with Gasteiger partial charge in [-0.25, -0.2) is 9.18 Å². The van der Waals surface area contributed by atoms with Gasteiger partial charge in [-0.05, 0) is 87.6 Å². The van der Waals surface area contributed by atoms with Crippen LogP contribution in [0.25, 0.3) is 0 Å². The summed E-state index contributed by atoms with van der Waals surface area (Å²) in [4.78, 5) is 14.2. The summed E-state index contributed by atoms with van der Waals surface area (Å²) in [6, 6.07) is 5.81. The van der Waals surface area contributed by atoms with Crippen LogP contribution in [0.2, 0.25) is 0 Å². The van der Waals surface area contributed by atoms with Crippen molar-refractivity contribution in [2.75, 3.05) is 19.7 Å². The standard InChI is InChI=1S/C21H28FNO3/c1-14-12-16(2-5-19(14)22)15-7-10-23(11-8-15)18-6-9-21(20(24)25,26-13-18)17-3-4-17/h2,5,12,15,17-18H,3-4,6-11,13H2,1H3,(H,24,25)/t18-,21+/m1/s1. The van der Waals surface area contributed by atoms with Crippen molar-refractivity contribution >= 4 is 5.97 Å². The topological polar surface area (TPSA) is 49.8 Å². The zero-order chi connectivity index (χ0) is 18.3. The second kappa shape index (κ2) is 6.93. The minimum absolute atomic E-state index is 0.136. The van der Waals surface area contributed by atoms with E-state index in [9.17, 15) is 14.3 Å². The first kappa shape index (κ1) is 17.9. The van der Waals surface area contributed by atoms with Gasteiger partial charge in [-0.3, -0.25) is 4.90 Å². The van der Waals surface area contributed by atoms with Crippen LogP contribution in [-0.4, -0.2) is 47.3 Å². The Bertz CT molecular complexity index is 672. The first-order chi connectivity index (χ1) is 12.5. The molecule has 4 nitrogen and oxygen atoms in total. The number of hydrogen-bond acceptors (Lipinski definition) is 3. The van der Waals surface area contributed by atoms with Gasteiger partial charge >= 0.3 is 5.97 Å². The van der Waals surface area contributed by atoms with E-state index in [1.165, 1.54) is 5.56 Å². The third kappa shape index (κ3) is 3.27. The van der Waals surface area contributed by atoms with Gasteiger partial charge in [0.25, 0.3) is 0 Å². The SMILES string of the molecule is Cc1cc(C2CCN([C@@H]3CC[C@@](C(=O)O)(C4CC4)OC3)CC2)ccc1F. The number of likely N-dealkylation sites (tertiary alicyclic amines) is 1. The molecule has 2 saturated heterocycles. The van der Waals surface area contributed by atoms with Crippen LogP contribution in [0, 0.1) is 18.7 Å². The highest BCUT2D eigenvalue weighted by Gasteiger charge is 2.54. The molecule has 4 rings (SSSR count). The Balaban J connectivity index is 1.33. The minimum Gasteiger partial charge on any atom is -0.479 e. The number of hydrogen-bond donors (Lipinski definition) is 1. The highest BCUT2D eigenvalue weighted by atomic mass is 19.1. The minimum atomic E-state index is -0.916. The number of piperidine rings is 1. The maximum Gasteiger partial charge on any atom is 0.336 e. The Kier molecular flexibility index (Phi) is 4.78. The lowest BCUT2D eigenvalue weighted by Gasteiger charge is -2.44. The van der Waals surface area contributed by atoms with Crippen LogP contribution < -0.4 is 0 Å². The molecule has 2 heterocycles. The van der Waals surface area contributed by atoms with Crippen molar-refractivity contribution in [3.05, 3.63) is 35.1 Å². The van der Waals surface area contributed by atoms with Gasteiger partial charge in [0.05, 0.1) is 6.61 Å². The fourth-order valence-electron chi connectivity index (χ4n) is 4.80. The summed E-state index contributed by atoms with van der Waals surface area (Å²) in [6.45, 7) is 4.35. The van der Waals surface area contributed by atoms with E-state index in [4.69, 9.17) is 4.74 Å². The lowest BCUT2D eigenvalue weighted by Crippen LogP contribution is -2.54. The number of aliphatic carboxylic acids is 1. The molecule has 0 unspecified atom stereocenters. The van der Waals surface area contributed by atoms with Crippen LogP contribution in [0.5, 0.6) is 0 Å². The highest BCUT2D eigenvalue weighted by Crippen LogP contribution is 2.47. The summed E-state index contributed by atoms with van der Waals surface area (Å²) in [5.41, 5.74) is 1.04. The number of benzene rings is 1. The molecule has 2 atom stereocenters. The molecular formula is C21H28FNO3. The molecule has 1 aromatic rings. The van der Waals surface area contributed by atoms with Gasteiger partial charge < -0.3 is 9.84 Å². The Morgan fingerprint density at radius 2 is 1.96 bits per heavy atom. The van der Waals surface area contributed by atoms with Gasteiger partial charge in [0.1, 0.15) is 5.82 Å². The molecule has 1 aromatic carbocycles. The van der Waals surface area contributed by atoms with Crippen LogP contribution in [0.4, 0.5) is 4.39 Å². The number of carboxylic acid groups (broad SMARTS) is 1. The summed E-state index contributed by atoms with van der Waals surface area (Å²) < 4.78 is 19.5. The Labute approximate surface area is 154 Å². The molecule has 0 spiro atoms. The van der Waals surface area contributed by atoms with Crippen molar-refractivity contribution in [1.29, 1.82) is 0 Å². The summed E-state index contributed by atoms with van der Waals surface area (Å²) in [5.74, 6) is -0.208. The van der Waals surface area contributed by atoms with Gasteiger partial charge in [0, 0.05) is 6.04 Å². The smallest absolute Gasteiger partial charge is 0.336 e. The molecule has 142 valence electrons. The highest BCUT2D eigenvalue weighted by molar-refractivity contribution is 5.78. The third-order valence-corrected chi connectivity index (χ3v) is 6.68. The maximum absolute atomic E-state index is 13.5. The third-order valence-electron chi connectivity index (χ3n) is 6.68. The van der Waals surface area contributed by atoms with Crippen LogP contribution >= 0.6 is 0 Å². The number of aryl methyl sites for hydroxylation is 1. The van der Waals surface area contributed by atoms with E-state index < -0.39 is 11.6 Å². The molecular weight excluding hydrogens is 333 g/mol. The molecule has 5 heteroatoms. The van der Waals surface area contributed by atoms with Crippen molar-refractivity contribution in [2.45, 2.75) is 63.0 Å². The average Bonchev–Trinajstić information content (AvgIpc) is 3.50. The molecule has 1 saturated carbocycles. The molecule has 26 heavy (non-hydrogen) atoms. The van der Waals surface area contributed by atoms with Gasteiger partial charge in [0.15, 0.2) is 5.60 Å². The molecule has 3 aliphatic rings. The first-order valence-corrected chi connectivity index (χ1v) is 9.87. The van der Waals surface area contributed by atoms with Crippen LogP contribution in [0.15, 0.2) is 18.2 Å². The zero-order valence-corrected chi connectivity index (χ0v) is 15.4. The van der Waals surface area contributed by atoms with Crippen LogP contribution in [0.3, 0.4) is 0 Å². The average molecular weight is 361 g/mol. The molecule has 0 radical (unpaired) electrons. The number of rotatable bonds is 4. The van der Waals surface area contributed by atoms with Crippen molar-refractivity contribution in [3.63, 3.8) is 0 Å². The van der Waals surface area contributed by atoms with Crippen molar-refractivity contribution in [3.8, 4) is 0 Å². The fourth-order valence-corrected chi connectivity index (χ4v) is 4.80. The monoisotopic (exact) mass is 361 g/mol. The van der Waals surface area contributed by atoms with E-state index in [2.05, 4.69) is 4.90 Å². The summed E-state index contributed by atoms with van der Waals surface area (Å²) in [6.07, 6.45) is 5.64. The number of nitrogens with zero attached hydrogens (tertiary/aromatic N) is 1. The van der Waals surface area contributed by atoms with Gasteiger partial charge in [-0.15, -0.1) is 0 Å². The molecule has 1 aliphatic carbocycles. The largest absolute Gasteiger partial charge is 0.479 e. The Morgan fingerprint density at radius 1 is 1.23 bits per heavy atom. The van der Waals surface area contributed by atoms with Crippen molar-refractivity contribution in [2.24, 2.45) is 5.92 Å². The van der Waals surface area contributed by atoms with Gasteiger partial charge in [-0.1, -0.05) is 12.1 Å². The second-order valence-electron chi connectivity index (χ2n) is 8.29. The van der Waals surface area contributed by atoms with E-state index in [1.54, 1.807) is 6.07 Å². The lowest BCUT2D eigenvalue weighted by atomic mass is 9.85. The molecule has 0 aromatic heterocycles. The van der Waals surface area contributed by atoms with Crippen molar-refractivity contribution < 1.29 is 19.0 Å². The lowest BCUT2D eigenvalue weighted by molar-refractivity contribution is -0.182. The Hall–Kier alpha value is -1.46. The van der Waals surface area contributed by atoms with E-state index >= 15 is 0 Å². The van der Waals surface area contributed by atoms with E-state index in [0.717, 1.165) is 50.8 Å². The van der Waals surface area contributed by atoms with Gasteiger partial charge in [-0.2, -0.15) is 0 Å². The second-order valence-corrected chi connectivity index (χ2v) is 8.29. The first-order valence-electron chi connectivity index (χ1n) is 9.87. The van der Waals surface area contributed by atoms with E-state index in [1.807, 2.05) is 19.1 Å². The molecule has 0 amide bonds. The summed E-state index contributed by atoms with van der Waals surface area (Å²) >= 11 is 0. The normalized spacial score (nSPS) is 31.1. The quantitative estimate of drug-likeness (QED) is 0.888. The number of ether oxygens (including phenoxy) is 1. The number of halogens is 1. The summed E-state index contributed by atoms with van der Waals surface area (Å²) in [7, 11) is 0. The predicted molar refractivity (Wildman–Crippen MR) is 96.7 cm³/mol. The van der Waals surface area contributed by atoms with Crippen molar-refractivity contribution in [1.82, 2.24) is 4.90 Å².